The summed E-state index contributed by atoms with van der Waals surface area (Å²) in [6, 6.07) is 10.3. The Morgan fingerprint density at radius 2 is 1.81 bits per heavy atom. The average Bonchev–Trinajstić information content (AvgIpc) is 3.51. The number of nitrogens with one attached hydrogen (secondary N) is 2. The normalized spacial score (nSPS) is 14.0. The number of benzene rings is 1. The van der Waals surface area contributed by atoms with E-state index in [1.54, 1.807) is 36.9 Å². The number of aromatic nitrogens is 8. The summed E-state index contributed by atoms with van der Waals surface area (Å²) in [6.45, 7) is 1.53. The second-order valence-corrected chi connectivity index (χ2v) is 8.77. The lowest BCUT2D eigenvalue weighted by molar-refractivity contribution is 0.514. The molecule has 1 aromatic carbocycles. The Labute approximate surface area is 203 Å². The molecule has 1 aliphatic rings. The van der Waals surface area contributed by atoms with Crippen LogP contribution in [0.25, 0.3) is 56.1 Å². The maximum absolute atomic E-state index is 13.4. The molecular weight excluding hydrogens is 459 g/mol. The van der Waals surface area contributed by atoms with E-state index >= 15 is 0 Å². The van der Waals surface area contributed by atoms with Crippen molar-refractivity contribution in [3.63, 3.8) is 0 Å². The first kappa shape index (κ1) is 20.6. The first-order valence-corrected chi connectivity index (χ1v) is 11.4. The van der Waals surface area contributed by atoms with Gasteiger partial charge in [-0.15, -0.1) is 0 Å². The molecule has 0 unspecified atom stereocenters. The molecule has 1 saturated heterocycles. The van der Waals surface area contributed by atoms with E-state index in [1.165, 1.54) is 12.1 Å². The smallest absolute Gasteiger partial charge is 0.161 e. The molecule has 7 rings (SSSR count). The fraction of sp³-hybridized carbons (Fsp3) is 0.120. The Hall–Kier alpha value is -4.77. The van der Waals surface area contributed by atoms with Crippen molar-refractivity contribution in [2.75, 3.05) is 18.0 Å². The van der Waals surface area contributed by atoms with Gasteiger partial charge < -0.3 is 15.6 Å². The number of halogens is 1. The summed E-state index contributed by atoms with van der Waals surface area (Å²) >= 11 is 0. The van der Waals surface area contributed by atoms with Gasteiger partial charge in [0.25, 0.3) is 0 Å². The number of anilines is 1. The Morgan fingerprint density at radius 1 is 0.944 bits per heavy atom. The molecule has 4 N–H and O–H groups in total. The number of fused-ring (bicyclic) bond motifs is 2. The van der Waals surface area contributed by atoms with Gasteiger partial charge in [-0.3, -0.25) is 10.1 Å². The predicted molar refractivity (Wildman–Crippen MR) is 133 cm³/mol. The minimum atomic E-state index is -0.290. The van der Waals surface area contributed by atoms with Crippen molar-refractivity contribution in [3.8, 4) is 33.9 Å². The van der Waals surface area contributed by atoms with Gasteiger partial charge in [-0.25, -0.2) is 24.3 Å². The molecule has 0 atom stereocenters. The van der Waals surface area contributed by atoms with Gasteiger partial charge in [-0.2, -0.15) is 5.10 Å². The molecule has 0 spiro atoms. The third-order valence-electron chi connectivity index (χ3n) is 6.33. The Bertz CT molecular complexity index is 1730. The van der Waals surface area contributed by atoms with Crippen LogP contribution in [0.5, 0.6) is 0 Å². The van der Waals surface area contributed by atoms with Crippen molar-refractivity contribution in [3.05, 3.63) is 67.0 Å². The molecule has 0 saturated carbocycles. The summed E-state index contributed by atoms with van der Waals surface area (Å²) in [5, 5.41) is 8.23. The summed E-state index contributed by atoms with van der Waals surface area (Å²) in [7, 11) is 0. The van der Waals surface area contributed by atoms with Crippen LogP contribution in [-0.4, -0.2) is 59.2 Å². The van der Waals surface area contributed by atoms with Crippen molar-refractivity contribution >= 4 is 28.0 Å². The molecule has 1 fully saturated rings. The van der Waals surface area contributed by atoms with Crippen LogP contribution < -0.4 is 10.6 Å². The van der Waals surface area contributed by atoms with Gasteiger partial charge in [0, 0.05) is 42.7 Å². The summed E-state index contributed by atoms with van der Waals surface area (Å²) in [6.07, 6.45) is 6.89. The molecule has 10 nitrogen and oxygen atoms in total. The van der Waals surface area contributed by atoms with Crippen LogP contribution in [0.4, 0.5) is 10.2 Å². The number of nitrogens with two attached hydrogens (primary N) is 1. The van der Waals surface area contributed by atoms with Crippen molar-refractivity contribution in [1.29, 1.82) is 0 Å². The fourth-order valence-corrected chi connectivity index (χ4v) is 4.46. The van der Waals surface area contributed by atoms with E-state index in [9.17, 15) is 4.39 Å². The zero-order chi connectivity index (χ0) is 24.2. The fourth-order valence-electron chi connectivity index (χ4n) is 4.46. The number of rotatable bonds is 4. The SMILES string of the molecule is NC1CN(c2cncc(-c3cnc4[nH]nc(-c5nc6c(-c7ccc(F)cc7)ccnc6[nH]5)c4c3)n2)C1. The van der Waals surface area contributed by atoms with E-state index in [-0.39, 0.29) is 11.9 Å². The highest BCUT2D eigenvalue weighted by Crippen LogP contribution is 2.32. The molecule has 1 aliphatic heterocycles. The zero-order valence-electron chi connectivity index (χ0n) is 18.9. The molecular formula is C25H19FN10. The van der Waals surface area contributed by atoms with E-state index in [0.717, 1.165) is 41.0 Å². The number of nitrogens with zero attached hydrogens (tertiary/aromatic N) is 7. The van der Waals surface area contributed by atoms with Crippen LogP contribution in [0.15, 0.2) is 61.2 Å². The topological polar surface area (TPSA) is 138 Å². The Kier molecular flexibility index (Phi) is 4.51. The van der Waals surface area contributed by atoms with E-state index in [2.05, 4.69) is 35.0 Å². The molecule has 5 aromatic heterocycles. The number of imidazole rings is 1. The zero-order valence-corrected chi connectivity index (χ0v) is 18.9. The number of hydrogen-bond acceptors (Lipinski definition) is 8. The second kappa shape index (κ2) is 7.89. The standard InChI is InChI=1S/C25H19FN10/c26-15-3-1-13(2-4-15)17-5-6-29-24-21(17)32-25(33-24)22-18-7-14(8-30-23(18)35-34-22)19-9-28-10-20(31-19)36-11-16(27)12-36/h1-10,16H,11-12,27H2,(H,29,32,33)(H,30,34,35). The lowest BCUT2D eigenvalue weighted by Crippen LogP contribution is -2.56. The highest BCUT2D eigenvalue weighted by molar-refractivity contribution is 5.95. The molecule has 6 heterocycles. The highest BCUT2D eigenvalue weighted by Gasteiger charge is 2.25. The van der Waals surface area contributed by atoms with Gasteiger partial charge in [0.15, 0.2) is 17.1 Å². The largest absolute Gasteiger partial charge is 0.352 e. The molecule has 0 bridgehead atoms. The molecule has 0 amide bonds. The maximum Gasteiger partial charge on any atom is 0.161 e. The molecule has 6 aromatic rings. The first-order chi connectivity index (χ1) is 17.6. The third kappa shape index (κ3) is 3.36. The minimum Gasteiger partial charge on any atom is -0.352 e. The van der Waals surface area contributed by atoms with Crippen LogP contribution in [0.3, 0.4) is 0 Å². The van der Waals surface area contributed by atoms with Crippen molar-refractivity contribution < 1.29 is 4.39 Å². The quantitative estimate of drug-likeness (QED) is 0.351. The van der Waals surface area contributed by atoms with Crippen molar-refractivity contribution in [1.82, 2.24) is 40.1 Å². The number of aromatic amines is 2. The summed E-state index contributed by atoms with van der Waals surface area (Å²) in [5.74, 6) is 1.05. The Morgan fingerprint density at radius 3 is 2.64 bits per heavy atom. The van der Waals surface area contributed by atoms with Gasteiger partial charge in [0.1, 0.15) is 22.8 Å². The molecule has 0 radical (unpaired) electrons. The predicted octanol–water partition coefficient (Wildman–Crippen LogP) is 3.31. The number of H-pyrrole nitrogens is 2. The number of pyridine rings is 2. The van der Waals surface area contributed by atoms with Crippen LogP contribution in [0.2, 0.25) is 0 Å². The summed E-state index contributed by atoms with van der Waals surface area (Å²) in [5.41, 5.74) is 11.6. The minimum absolute atomic E-state index is 0.170. The van der Waals surface area contributed by atoms with Crippen molar-refractivity contribution in [2.24, 2.45) is 5.73 Å². The van der Waals surface area contributed by atoms with Crippen LogP contribution >= 0.6 is 0 Å². The van der Waals surface area contributed by atoms with E-state index in [0.29, 0.717) is 34.0 Å². The molecule has 36 heavy (non-hydrogen) atoms. The third-order valence-corrected chi connectivity index (χ3v) is 6.33. The molecule has 11 heteroatoms. The van der Waals surface area contributed by atoms with Crippen LogP contribution in [-0.2, 0) is 0 Å². The van der Waals surface area contributed by atoms with Crippen LogP contribution in [0, 0.1) is 5.82 Å². The van der Waals surface area contributed by atoms with Gasteiger partial charge in [-0.1, -0.05) is 12.1 Å². The van der Waals surface area contributed by atoms with E-state index < -0.39 is 0 Å². The van der Waals surface area contributed by atoms with E-state index in [4.69, 9.17) is 15.7 Å². The summed E-state index contributed by atoms with van der Waals surface area (Å²) < 4.78 is 13.4. The Balaban J connectivity index is 1.30. The van der Waals surface area contributed by atoms with Gasteiger partial charge in [0.05, 0.1) is 23.5 Å². The lowest BCUT2D eigenvalue weighted by atomic mass is 10.1. The highest BCUT2D eigenvalue weighted by atomic mass is 19.1. The lowest BCUT2D eigenvalue weighted by Gasteiger charge is -2.37. The maximum atomic E-state index is 13.4. The van der Waals surface area contributed by atoms with Crippen LogP contribution in [0.1, 0.15) is 0 Å². The van der Waals surface area contributed by atoms with Gasteiger partial charge in [-0.05, 0) is 29.8 Å². The summed E-state index contributed by atoms with van der Waals surface area (Å²) in [4.78, 5) is 28.2. The van der Waals surface area contributed by atoms with E-state index in [1.807, 2.05) is 12.1 Å². The second-order valence-electron chi connectivity index (χ2n) is 8.77. The van der Waals surface area contributed by atoms with Crippen molar-refractivity contribution in [2.45, 2.75) is 6.04 Å². The molecule has 176 valence electrons. The number of hydrogen-bond donors (Lipinski definition) is 3. The first-order valence-electron chi connectivity index (χ1n) is 11.4. The van der Waals surface area contributed by atoms with Gasteiger partial charge in [0.2, 0.25) is 0 Å². The monoisotopic (exact) mass is 478 g/mol. The average molecular weight is 478 g/mol. The molecule has 0 aliphatic carbocycles. The van der Waals surface area contributed by atoms with Gasteiger partial charge >= 0.3 is 0 Å².